The second-order valence-corrected chi connectivity index (χ2v) is 11.5. The lowest BCUT2D eigenvalue weighted by Gasteiger charge is -2.34. The van der Waals surface area contributed by atoms with Crippen molar-refractivity contribution in [2.24, 2.45) is 0 Å². The van der Waals surface area contributed by atoms with Gasteiger partial charge in [0.2, 0.25) is 15.9 Å². The summed E-state index contributed by atoms with van der Waals surface area (Å²) in [6, 6.07) is 7.34. The Kier molecular flexibility index (Phi) is 6.68. The number of aromatic nitrogens is 1. The van der Waals surface area contributed by atoms with Crippen molar-refractivity contribution in [1.82, 2.24) is 19.5 Å². The molecule has 1 aliphatic carbocycles. The Labute approximate surface area is 199 Å². The third kappa shape index (κ3) is 5.58. The summed E-state index contributed by atoms with van der Waals surface area (Å²) in [5, 5.41) is 7.22. The van der Waals surface area contributed by atoms with E-state index in [1.54, 1.807) is 50.1 Å². The number of nitrogens with one attached hydrogen (secondary N) is 2. The van der Waals surface area contributed by atoms with Crippen molar-refractivity contribution in [2.45, 2.75) is 50.2 Å². The number of anilines is 1. The number of hydrogen-bond acceptors (Lipinski definition) is 7. The van der Waals surface area contributed by atoms with Crippen LogP contribution in [-0.2, 0) is 19.6 Å². The van der Waals surface area contributed by atoms with Gasteiger partial charge in [0, 0.05) is 49.2 Å². The number of ether oxygens (including phenoxy) is 1. The maximum Gasteiger partial charge on any atom is 0.408 e. The van der Waals surface area contributed by atoms with Gasteiger partial charge in [0.25, 0.3) is 0 Å². The van der Waals surface area contributed by atoms with Gasteiger partial charge in [0.15, 0.2) is 0 Å². The van der Waals surface area contributed by atoms with Gasteiger partial charge in [-0.05, 0) is 45.7 Å². The highest BCUT2D eigenvalue weighted by Crippen LogP contribution is 2.32. The molecule has 0 bridgehead atoms. The SMILES string of the molecule is CC(C)(C)OC(=O)NCC(=O)N1CCN(S(=O)(=O)c2cccc3c(NC4CC4)nccc23)CC1. The van der Waals surface area contributed by atoms with Gasteiger partial charge in [0.05, 0.1) is 4.90 Å². The minimum Gasteiger partial charge on any atom is -0.444 e. The summed E-state index contributed by atoms with van der Waals surface area (Å²) in [7, 11) is -3.76. The van der Waals surface area contributed by atoms with E-state index < -0.39 is 21.7 Å². The van der Waals surface area contributed by atoms with Gasteiger partial charge in [-0.15, -0.1) is 0 Å². The summed E-state index contributed by atoms with van der Waals surface area (Å²) in [5.74, 6) is 0.417. The number of carbonyl (C=O) groups is 2. The lowest BCUT2D eigenvalue weighted by Crippen LogP contribution is -2.52. The fourth-order valence-electron chi connectivity index (χ4n) is 3.83. The van der Waals surface area contributed by atoms with Crippen LogP contribution in [0.25, 0.3) is 10.8 Å². The first kappa shape index (κ1) is 24.2. The van der Waals surface area contributed by atoms with Crippen LogP contribution >= 0.6 is 0 Å². The zero-order chi connectivity index (χ0) is 24.5. The molecule has 1 saturated carbocycles. The second kappa shape index (κ2) is 9.38. The fraction of sp³-hybridized carbons (Fsp3) is 0.522. The molecule has 0 radical (unpaired) electrons. The van der Waals surface area contributed by atoms with Crippen LogP contribution in [0.3, 0.4) is 0 Å². The maximum absolute atomic E-state index is 13.5. The normalized spacial score (nSPS) is 17.4. The van der Waals surface area contributed by atoms with Crippen molar-refractivity contribution in [3.05, 3.63) is 30.5 Å². The van der Waals surface area contributed by atoms with Crippen LogP contribution in [-0.4, -0.2) is 79.0 Å². The van der Waals surface area contributed by atoms with Gasteiger partial charge >= 0.3 is 6.09 Å². The van der Waals surface area contributed by atoms with Crippen molar-refractivity contribution >= 4 is 38.6 Å². The van der Waals surface area contributed by atoms with E-state index in [0.29, 0.717) is 17.2 Å². The third-order valence-corrected chi connectivity index (χ3v) is 7.63. The first-order chi connectivity index (χ1) is 16.0. The Bertz CT molecular complexity index is 1180. The van der Waals surface area contributed by atoms with E-state index in [0.717, 1.165) is 18.2 Å². The number of nitrogens with zero attached hydrogens (tertiary/aromatic N) is 3. The number of rotatable bonds is 6. The molecule has 11 heteroatoms. The van der Waals surface area contributed by atoms with Crippen LogP contribution < -0.4 is 10.6 Å². The molecule has 1 saturated heterocycles. The lowest BCUT2D eigenvalue weighted by molar-refractivity contribution is -0.131. The molecule has 2 aromatic rings. The van der Waals surface area contributed by atoms with Crippen molar-refractivity contribution in [3.8, 4) is 0 Å². The Morgan fingerprint density at radius 1 is 1.09 bits per heavy atom. The van der Waals surface area contributed by atoms with E-state index in [-0.39, 0.29) is 43.5 Å². The number of fused-ring (bicyclic) bond motifs is 1. The number of benzene rings is 1. The molecule has 2 amide bonds. The number of alkyl carbamates (subject to hydrolysis) is 1. The van der Waals surface area contributed by atoms with E-state index in [2.05, 4.69) is 15.6 Å². The Morgan fingerprint density at radius 2 is 1.79 bits per heavy atom. The summed E-state index contributed by atoms with van der Waals surface area (Å²) in [6.45, 7) is 5.86. The first-order valence-corrected chi connectivity index (χ1v) is 12.9. The molecule has 1 aromatic heterocycles. The smallest absolute Gasteiger partial charge is 0.408 e. The molecular weight excluding hydrogens is 458 g/mol. The molecular formula is C23H31N5O5S. The highest BCUT2D eigenvalue weighted by Gasteiger charge is 2.32. The predicted molar refractivity (Wildman–Crippen MR) is 128 cm³/mol. The zero-order valence-corrected chi connectivity index (χ0v) is 20.5. The van der Waals surface area contributed by atoms with Crippen LogP contribution in [0.2, 0.25) is 0 Å². The van der Waals surface area contributed by atoms with Gasteiger partial charge in [-0.3, -0.25) is 4.79 Å². The Morgan fingerprint density at radius 3 is 2.44 bits per heavy atom. The number of sulfonamides is 1. The molecule has 0 atom stereocenters. The quantitative estimate of drug-likeness (QED) is 0.638. The van der Waals surface area contributed by atoms with Gasteiger partial charge in [-0.25, -0.2) is 18.2 Å². The molecule has 2 fully saturated rings. The van der Waals surface area contributed by atoms with Gasteiger partial charge in [-0.2, -0.15) is 4.31 Å². The minimum atomic E-state index is -3.76. The highest BCUT2D eigenvalue weighted by atomic mass is 32.2. The van der Waals surface area contributed by atoms with Gasteiger partial charge in [0.1, 0.15) is 18.0 Å². The number of hydrogen-bond donors (Lipinski definition) is 2. The molecule has 1 aromatic carbocycles. The number of pyridine rings is 1. The van der Waals surface area contributed by atoms with Crippen molar-refractivity contribution in [2.75, 3.05) is 38.0 Å². The molecule has 2 N–H and O–H groups in total. The first-order valence-electron chi connectivity index (χ1n) is 11.4. The largest absolute Gasteiger partial charge is 0.444 e. The van der Waals surface area contributed by atoms with Gasteiger partial charge < -0.3 is 20.3 Å². The molecule has 4 rings (SSSR count). The van der Waals surface area contributed by atoms with E-state index in [1.807, 2.05) is 6.07 Å². The number of piperazine rings is 1. The van der Waals surface area contributed by atoms with Crippen molar-refractivity contribution in [1.29, 1.82) is 0 Å². The van der Waals surface area contributed by atoms with Crippen molar-refractivity contribution in [3.63, 3.8) is 0 Å². The summed E-state index contributed by atoms with van der Waals surface area (Å²) < 4.78 is 33.5. The van der Waals surface area contributed by atoms with E-state index in [4.69, 9.17) is 4.74 Å². The standard InChI is InChI=1S/C23H31N5O5S/c1-23(2,3)33-22(30)25-15-20(29)27-11-13-28(14-12-27)34(31,32)19-6-4-5-18-17(19)9-10-24-21(18)26-16-7-8-16/h4-6,9-10,16H,7-8,11-15H2,1-3H3,(H,24,26)(H,25,30). The second-order valence-electron chi connectivity index (χ2n) is 9.57. The van der Waals surface area contributed by atoms with Crippen LogP contribution in [0.4, 0.5) is 10.6 Å². The van der Waals surface area contributed by atoms with Crippen molar-refractivity contribution < 1.29 is 22.7 Å². The molecule has 2 aliphatic rings. The summed E-state index contributed by atoms with van der Waals surface area (Å²) >= 11 is 0. The van der Waals surface area contributed by atoms with Crippen LogP contribution in [0.1, 0.15) is 33.6 Å². The number of carbonyl (C=O) groups excluding carboxylic acids is 2. The lowest BCUT2D eigenvalue weighted by atomic mass is 10.1. The third-order valence-electron chi connectivity index (χ3n) is 5.68. The topological polar surface area (TPSA) is 121 Å². The van der Waals surface area contributed by atoms with Crippen LogP contribution in [0, 0.1) is 0 Å². The van der Waals surface area contributed by atoms with Crippen LogP contribution in [0.5, 0.6) is 0 Å². The summed E-state index contributed by atoms with van der Waals surface area (Å²) in [5.41, 5.74) is -0.653. The van der Waals surface area contributed by atoms with Crippen LogP contribution in [0.15, 0.2) is 35.4 Å². The Hall–Kier alpha value is -2.92. The molecule has 10 nitrogen and oxygen atoms in total. The molecule has 2 heterocycles. The van der Waals surface area contributed by atoms with Gasteiger partial charge in [-0.1, -0.05) is 12.1 Å². The van der Waals surface area contributed by atoms with E-state index >= 15 is 0 Å². The van der Waals surface area contributed by atoms with E-state index in [1.165, 1.54) is 4.31 Å². The molecule has 0 unspecified atom stereocenters. The average Bonchev–Trinajstić information content (AvgIpc) is 3.60. The molecule has 34 heavy (non-hydrogen) atoms. The Balaban J connectivity index is 1.41. The number of amides is 2. The van der Waals surface area contributed by atoms with E-state index in [9.17, 15) is 18.0 Å². The molecule has 1 aliphatic heterocycles. The average molecular weight is 490 g/mol. The minimum absolute atomic E-state index is 0.176. The fourth-order valence-corrected chi connectivity index (χ4v) is 5.46. The highest BCUT2D eigenvalue weighted by molar-refractivity contribution is 7.89. The molecule has 184 valence electrons. The zero-order valence-electron chi connectivity index (χ0n) is 19.7. The molecule has 0 spiro atoms. The maximum atomic E-state index is 13.5. The summed E-state index contributed by atoms with van der Waals surface area (Å²) in [6.07, 6.45) is 3.14. The predicted octanol–water partition coefficient (Wildman–Crippen LogP) is 2.17. The summed E-state index contributed by atoms with van der Waals surface area (Å²) in [4.78, 5) is 30.4. The monoisotopic (exact) mass is 489 g/mol.